The average molecular weight is 328 g/mol. The van der Waals surface area contributed by atoms with Gasteiger partial charge < -0.3 is 4.42 Å². The zero-order chi connectivity index (χ0) is 17.6. The number of carbonyl (C=O) groups is 1. The van der Waals surface area contributed by atoms with Gasteiger partial charge in [-0.25, -0.2) is 0 Å². The standard InChI is InChI=1S/C23H20O2/c1-14-9-11-17(12-10-14)19-13-20-21(15(2)24)16(3)25-23(20)22(19)18-7-5-4-6-8-18/h4-12H,13H2,1-3H3. The van der Waals surface area contributed by atoms with Crippen molar-refractivity contribution in [2.75, 3.05) is 0 Å². The fourth-order valence-electron chi connectivity index (χ4n) is 3.74. The molecular formula is C23H20O2. The minimum atomic E-state index is 0.0695. The number of ketones is 1. The highest BCUT2D eigenvalue weighted by Gasteiger charge is 2.32. The van der Waals surface area contributed by atoms with E-state index in [0.717, 1.165) is 34.4 Å². The number of hydrogen-bond acceptors (Lipinski definition) is 2. The summed E-state index contributed by atoms with van der Waals surface area (Å²) in [5.74, 6) is 1.64. The van der Waals surface area contributed by atoms with E-state index in [1.54, 1.807) is 6.92 Å². The van der Waals surface area contributed by atoms with Crippen LogP contribution in [0.4, 0.5) is 0 Å². The zero-order valence-electron chi connectivity index (χ0n) is 14.7. The van der Waals surface area contributed by atoms with Crippen LogP contribution in [-0.4, -0.2) is 5.78 Å². The number of rotatable bonds is 3. The molecule has 25 heavy (non-hydrogen) atoms. The summed E-state index contributed by atoms with van der Waals surface area (Å²) in [7, 11) is 0. The smallest absolute Gasteiger partial charge is 0.163 e. The molecule has 1 aliphatic rings. The molecule has 1 aromatic heterocycles. The molecule has 0 N–H and O–H groups in total. The first kappa shape index (κ1) is 15.6. The first-order valence-electron chi connectivity index (χ1n) is 8.55. The molecule has 2 nitrogen and oxygen atoms in total. The Morgan fingerprint density at radius 1 is 0.920 bits per heavy atom. The topological polar surface area (TPSA) is 30.2 Å². The van der Waals surface area contributed by atoms with Gasteiger partial charge in [-0.2, -0.15) is 0 Å². The van der Waals surface area contributed by atoms with Gasteiger partial charge in [-0.05, 0) is 37.5 Å². The van der Waals surface area contributed by atoms with Gasteiger partial charge in [0.05, 0.1) is 5.56 Å². The lowest BCUT2D eigenvalue weighted by molar-refractivity contribution is 0.101. The number of hydrogen-bond donors (Lipinski definition) is 0. The maximum Gasteiger partial charge on any atom is 0.163 e. The van der Waals surface area contributed by atoms with Crippen LogP contribution in [0.3, 0.4) is 0 Å². The molecule has 0 bridgehead atoms. The third kappa shape index (κ3) is 2.54. The normalized spacial score (nSPS) is 13.2. The molecule has 2 heteroatoms. The predicted octanol–water partition coefficient (Wildman–Crippen LogP) is 5.61. The number of fused-ring (bicyclic) bond motifs is 1. The summed E-state index contributed by atoms with van der Waals surface area (Å²) in [6.45, 7) is 5.58. The Kier molecular flexibility index (Phi) is 3.69. The van der Waals surface area contributed by atoms with Gasteiger partial charge in [0.1, 0.15) is 11.5 Å². The van der Waals surface area contributed by atoms with Gasteiger partial charge in [0, 0.05) is 17.6 Å². The fraction of sp³-hybridized carbons (Fsp3) is 0.174. The summed E-state index contributed by atoms with van der Waals surface area (Å²) in [6, 6.07) is 18.8. The quantitative estimate of drug-likeness (QED) is 0.585. The lowest BCUT2D eigenvalue weighted by atomic mass is 9.95. The van der Waals surface area contributed by atoms with Crippen LogP contribution >= 0.6 is 0 Å². The van der Waals surface area contributed by atoms with Crippen LogP contribution in [0.15, 0.2) is 59.0 Å². The SMILES string of the molecule is CC(=O)c1c(C)oc2c1CC(c1ccc(C)cc1)=C2c1ccccc1. The minimum Gasteiger partial charge on any atom is -0.460 e. The van der Waals surface area contributed by atoms with E-state index in [2.05, 4.69) is 43.3 Å². The highest BCUT2D eigenvalue weighted by atomic mass is 16.3. The Morgan fingerprint density at radius 3 is 2.24 bits per heavy atom. The predicted molar refractivity (Wildman–Crippen MR) is 101 cm³/mol. The number of carbonyl (C=O) groups excluding carboxylic acids is 1. The highest BCUT2D eigenvalue weighted by Crippen LogP contribution is 2.45. The Bertz CT molecular complexity index is 987. The van der Waals surface area contributed by atoms with Crippen LogP contribution in [-0.2, 0) is 6.42 Å². The van der Waals surface area contributed by atoms with Crippen molar-refractivity contribution in [2.24, 2.45) is 0 Å². The molecule has 124 valence electrons. The number of furan rings is 1. The molecule has 0 unspecified atom stereocenters. The van der Waals surface area contributed by atoms with E-state index in [-0.39, 0.29) is 5.78 Å². The minimum absolute atomic E-state index is 0.0695. The van der Waals surface area contributed by atoms with Crippen molar-refractivity contribution in [2.45, 2.75) is 27.2 Å². The molecule has 4 rings (SSSR count). The summed E-state index contributed by atoms with van der Waals surface area (Å²) in [6.07, 6.45) is 0.731. The monoisotopic (exact) mass is 328 g/mol. The number of allylic oxidation sites excluding steroid dienone is 1. The molecule has 0 spiro atoms. The zero-order valence-corrected chi connectivity index (χ0v) is 14.7. The lowest BCUT2D eigenvalue weighted by Crippen LogP contribution is -1.98. The molecule has 0 amide bonds. The summed E-state index contributed by atoms with van der Waals surface area (Å²) in [5.41, 5.74) is 7.65. The van der Waals surface area contributed by atoms with Gasteiger partial charge >= 0.3 is 0 Å². The van der Waals surface area contributed by atoms with Crippen molar-refractivity contribution >= 4 is 16.9 Å². The largest absolute Gasteiger partial charge is 0.460 e. The molecule has 0 atom stereocenters. The Balaban J connectivity index is 1.97. The van der Waals surface area contributed by atoms with E-state index in [4.69, 9.17) is 4.42 Å². The second-order valence-corrected chi connectivity index (χ2v) is 6.66. The Morgan fingerprint density at radius 2 is 1.60 bits per heavy atom. The van der Waals surface area contributed by atoms with E-state index in [0.29, 0.717) is 5.76 Å². The van der Waals surface area contributed by atoms with Crippen molar-refractivity contribution < 1.29 is 9.21 Å². The third-order valence-electron chi connectivity index (χ3n) is 4.88. The first-order valence-corrected chi connectivity index (χ1v) is 8.55. The van der Waals surface area contributed by atoms with Gasteiger partial charge in [0.15, 0.2) is 5.78 Å². The van der Waals surface area contributed by atoms with E-state index >= 15 is 0 Å². The van der Waals surface area contributed by atoms with Crippen molar-refractivity contribution in [1.82, 2.24) is 0 Å². The van der Waals surface area contributed by atoms with Crippen LogP contribution < -0.4 is 0 Å². The van der Waals surface area contributed by atoms with Crippen LogP contribution in [0.2, 0.25) is 0 Å². The van der Waals surface area contributed by atoms with Crippen molar-refractivity contribution in [3.63, 3.8) is 0 Å². The fourth-order valence-corrected chi connectivity index (χ4v) is 3.74. The maximum atomic E-state index is 12.1. The van der Waals surface area contributed by atoms with Crippen molar-refractivity contribution in [1.29, 1.82) is 0 Å². The van der Waals surface area contributed by atoms with Gasteiger partial charge in [-0.1, -0.05) is 60.2 Å². The van der Waals surface area contributed by atoms with E-state index < -0.39 is 0 Å². The lowest BCUT2D eigenvalue weighted by Gasteiger charge is -2.09. The second kappa shape index (κ2) is 5.89. The van der Waals surface area contributed by atoms with Crippen LogP contribution in [0.5, 0.6) is 0 Å². The van der Waals surface area contributed by atoms with E-state index in [1.807, 2.05) is 25.1 Å². The first-order chi connectivity index (χ1) is 12.1. The molecule has 0 fully saturated rings. The van der Waals surface area contributed by atoms with Crippen molar-refractivity contribution in [3.05, 3.63) is 93.9 Å². The summed E-state index contributed by atoms with van der Waals surface area (Å²) >= 11 is 0. The third-order valence-corrected chi connectivity index (χ3v) is 4.88. The van der Waals surface area contributed by atoms with Crippen LogP contribution in [0.25, 0.3) is 11.1 Å². The molecule has 0 saturated carbocycles. The molecule has 0 aliphatic heterocycles. The van der Waals surface area contributed by atoms with Gasteiger partial charge in [-0.3, -0.25) is 4.79 Å². The Hall–Kier alpha value is -2.87. The van der Waals surface area contributed by atoms with E-state index in [9.17, 15) is 4.79 Å². The molecule has 2 aromatic carbocycles. The number of aryl methyl sites for hydroxylation is 2. The molecule has 0 saturated heterocycles. The molecule has 1 aliphatic carbocycles. The highest BCUT2D eigenvalue weighted by molar-refractivity contribution is 6.07. The Labute approximate surface area is 147 Å². The van der Waals surface area contributed by atoms with Crippen LogP contribution in [0.1, 0.15) is 51.1 Å². The second-order valence-electron chi connectivity index (χ2n) is 6.66. The number of benzene rings is 2. The molecule has 0 radical (unpaired) electrons. The van der Waals surface area contributed by atoms with E-state index in [1.165, 1.54) is 16.7 Å². The molecule has 3 aromatic rings. The summed E-state index contributed by atoms with van der Waals surface area (Å²) < 4.78 is 6.08. The van der Waals surface area contributed by atoms with Gasteiger partial charge in [-0.15, -0.1) is 0 Å². The summed E-state index contributed by atoms with van der Waals surface area (Å²) in [5, 5.41) is 0. The maximum absolute atomic E-state index is 12.1. The van der Waals surface area contributed by atoms with Gasteiger partial charge in [0.2, 0.25) is 0 Å². The molecular weight excluding hydrogens is 308 g/mol. The number of Topliss-reactive ketones (excluding diaryl/α,β-unsaturated/α-hetero) is 1. The molecule has 1 heterocycles. The van der Waals surface area contributed by atoms with Crippen molar-refractivity contribution in [3.8, 4) is 0 Å². The summed E-state index contributed by atoms with van der Waals surface area (Å²) in [4.78, 5) is 12.1. The van der Waals surface area contributed by atoms with Gasteiger partial charge in [0.25, 0.3) is 0 Å². The van der Waals surface area contributed by atoms with Crippen LogP contribution in [0, 0.1) is 13.8 Å². The average Bonchev–Trinajstić information content (AvgIpc) is 3.10.